The van der Waals surface area contributed by atoms with E-state index in [0.717, 1.165) is 31.4 Å². The zero-order valence-electron chi connectivity index (χ0n) is 10.1. The number of piperidine rings is 1. The van der Waals surface area contributed by atoms with Crippen LogP contribution in [0.2, 0.25) is 0 Å². The van der Waals surface area contributed by atoms with E-state index in [0.29, 0.717) is 6.10 Å². The molecule has 1 aromatic rings. The molecule has 4 nitrogen and oxygen atoms in total. The van der Waals surface area contributed by atoms with E-state index in [-0.39, 0.29) is 0 Å². The van der Waals surface area contributed by atoms with Crippen molar-refractivity contribution in [2.24, 2.45) is 5.92 Å². The molecule has 3 heterocycles. The first-order valence-electron chi connectivity index (χ1n) is 6.56. The molecule has 3 rings (SSSR count). The molecule has 1 aromatic heterocycles. The lowest BCUT2D eigenvalue weighted by molar-refractivity contribution is 0.0531. The summed E-state index contributed by atoms with van der Waals surface area (Å²) in [4.78, 5) is 10.8. The molecule has 0 N–H and O–H groups in total. The fourth-order valence-electron chi connectivity index (χ4n) is 2.93. The van der Waals surface area contributed by atoms with Crippen molar-refractivity contribution in [2.45, 2.75) is 31.8 Å². The van der Waals surface area contributed by atoms with Gasteiger partial charge in [0.25, 0.3) is 0 Å². The van der Waals surface area contributed by atoms with Gasteiger partial charge in [0, 0.05) is 32.1 Å². The lowest BCUT2D eigenvalue weighted by atomic mass is 9.90. The van der Waals surface area contributed by atoms with Crippen molar-refractivity contribution in [3.63, 3.8) is 0 Å². The molecule has 2 aliphatic heterocycles. The highest BCUT2D eigenvalue weighted by atomic mass is 16.5. The van der Waals surface area contributed by atoms with Gasteiger partial charge in [0.05, 0.1) is 12.3 Å². The van der Waals surface area contributed by atoms with Gasteiger partial charge in [0.1, 0.15) is 5.82 Å². The maximum atomic E-state index is 5.79. The van der Waals surface area contributed by atoms with Crippen molar-refractivity contribution in [1.29, 1.82) is 0 Å². The van der Waals surface area contributed by atoms with Gasteiger partial charge in [-0.15, -0.1) is 0 Å². The number of aromatic nitrogens is 2. The van der Waals surface area contributed by atoms with Gasteiger partial charge in [0.2, 0.25) is 0 Å². The summed E-state index contributed by atoms with van der Waals surface area (Å²) in [5.74, 6) is 1.77. The molecule has 0 aliphatic carbocycles. The second kappa shape index (κ2) is 5.00. The minimum Gasteiger partial charge on any atom is -0.378 e. The first-order chi connectivity index (χ1) is 8.43. The first kappa shape index (κ1) is 11.0. The topological polar surface area (TPSA) is 38.2 Å². The minimum absolute atomic E-state index is 0.527. The molecule has 0 amide bonds. The third-order valence-corrected chi connectivity index (χ3v) is 3.90. The number of anilines is 1. The van der Waals surface area contributed by atoms with Crippen LogP contribution in [0.15, 0.2) is 18.6 Å². The average molecular weight is 233 g/mol. The van der Waals surface area contributed by atoms with Crippen molar-refractivity contribution in [3.05, 3.63) is 18.6 Å². The van der Waals surface area contributed by atoms with Gasteiger partial charge in [-0.05, 0) is 31.6 Å². The fraction of sp³-hybridized carbons (Fsp3) is 0.692. The maximum absolute atomic E-state index is 5.79. The predicted octanol–water partition coefficient (Wildman–Crippen LogP) is 1.87. The normalized spacial score (nSPS) is 26.4. The summed E-state index contributed by atoms with van der Waals surface area (Å²) in [6.45, 7) is 3.14. The van der Waals surface area contributed by atoms with Crippen molar-refractivity contribution in [2.75, 3.05) is 24.6 Å². The molecule has 1 atom stereocenters. The molecular weight excluding hydrogens is 214 g/mol. The van der Waals surface area contributed by atoms with Crippen LogP contribution in [0.5, 0.6) is 0 Å². The standard InChI is InChI=1S/C13H19N3O/c1-2-12(17-9-1)11-3-7-16(8-4-11)13-10-14-5-6-15-13/h5-6,10-12H,1-4,7-9H2. The molecule has 0 spiro atoms. The maximum Gasteiger partial charge on any atom is 0.147 e. The van der Waals surface area contributed by atoms with E-state index in [4.69, 9.17) is 4.74 Å². The van der Waals surface area contributed by atoms with Gasteiger partial charge < -0.3 is 9.64 Å². The highest BCUT2D eigenvalue weighted by Crippen LogP contribution is 2.29. The second-order valence-corrected chi connectivity index (χ2v) is 4.94. The quantitative estimate of drug-likeness (QED) is 0.781. The molecule has 0 saturated carbocycles. The molecule has 4 heteroatoms. The molecule has 0 radical (unpaired) electrons. The molecule has 0 aromatic carbocycles. The zero-order valence-corrected chi connectivity index (χ0v) is 10.1. The molecular formula is C13H19N3O. The van der Waals surface area contributed by atoms with Crippen LogP contribution in [0.25, 0.3) is 0 Å². The van der Waals surface area contributed by atoms with Gasteiger partial charge >= 0.3 is 0 Å². The van der Waals surface area contributed by atoms with Crippen LogP contribution in [-0.4, -0.2) is 35.8 Å². The molecule has 92 valence electrons. The monoisotopic (exact) mass is 233 g/mol. The van der Waals surface area contributed by atoms with Crippen LogP contribution < -0.4 is 4.90 Å². The van der Waals surface area contributed by atoms with Crippen molar-refractivity contribution in [1.82, 2.24) is 9.97 Å². The Morgan fingerprint density at radius 2 is 2.06 bits per heavy atom. The van der Waals surface area contributed by atoms with E-state index < -0.39 is 0 Å². The van der Waals surface area contributed by atoms with Gasteiger partial charge in [-0.1, -0.05) is 0 Å². The van der Waals surface area contributed by atoms with E-state index in [1.54, 1.807) is 12.4 Å². The highest BCUT2D eigenvalue weighted by Gasteiger charge is 2.29. The molecule has 0 bridgehead atoms. The summed E-state index contributed by atoms with van der Waals surface area (Å²) in [7, 11) is 0. The van der Waals surface area contributed by atoms with E-state index >= 15 is 0 Å². The summed E-state index contributed by atoms with van der Waals surface area (Å²) in [5.41, 5.74) is 0. The van der Waals surface area contributed by atoms with Crippen LogP contribution in [0.4, 0.5) is 5.82 Å². The molecule has 17 heavy (non-hydrogen) atoms. The Hall–Kier alpha value is -1.16. The van der Waals surface area contributed by atoms with E-state index in [1.165, 1.54) is 25.7 Å². The first-order valence-corrected chi connectivity index (χ1v) is 6.56. The average Bonchev–Trinajstić information content (AvgIpc) is 2.94. The lowest BCUT2D eigenvalue weighted by Crippen LogP contribution is -2.38. The van der Waals surface area contributed by atoms with E-state index in [9.17, 15) is 0 Å². The highest BCUT2D eigenvalue weighted by molar-refractivity contribution is 5.35. The number of hydrogen-bond acceptors (Lipinski definition) is 4. The lowest BCUT2D eigenvalue weighted by Gasteiger charge is -2.34. The van der Waals surface area contributed by atoms with Crippen LogP contribution >= 0.6 is 0 Å². The van der Waals surface area contributed by atoms with Crippen molar-refractivity contribution < 1.29 is 4.74 Å². The van der Waals surface area contributed by atoms with Crippen molar-refractivity contribution in [3.8, 4) is 0 Å². The van der Waals surface area contributed by atoms with Crippen LogP contribution in [0.3, 0.4) is 0 Å². The number of rotatable bonds is 2. The molecule has 2 saturated heterocycles. The third-order valence-electron chi connectivity index (χ3n) is 3.90. The Morgan fingerprint density at radius 3 is 2.71 bits per heavy atom. The van der Waals surface area contributed by atoms with Crippen molar-refractivity contribution >= 4 is 5.82 Å². The summed E-state index contributed by atoms with van der Waals surface area (Å²) in [6, 6.07) is 0. The number of ether oxygens (including phenoxy) is 1. The van der Waals surface area contributed by atoms with Gasteiger partial charge in [0.15, 0.2) is 0 Å². The van der Waals surface area contributed by atoms with Gasteiger partial charge in [-0.25, -0.2) is 4.98 Å². The number of nitrogens with zero attached hydrogens (tertiary/aromatic N) is 3. The summed E-state index contributed by atoms with van der Waals surface area (Å²) >= 11 is 0. The number of hydrogen-bond donors (Lipinski definition) is 0. The molecule has 1 unspecified atom stereocenters. The smallest absolute Gasteiger partial charge is 0.147 e. The summed E-state index contributed by atoms with van der Waals surface area (Å²) < 4.78 is 5.79. The predicted molar refractivity (Wildman–Crippen MR) is 65.9 cm³/mol. The largest absolute Gasteiger partial charge is 0.378 e. The van der Waals surface area contributed by atoms with E-state index in [2.05, 4.69) is 14.9 Å². The Bertz CT molecular complexity index is 343. The van der Waals surface area contributed by atoms with Crippen LogP contribution in [-0.2, 0) is 4.74 Å². The fourth-order valence-corrected chi connectivity index (χ4v) is 2.93. The Kier molecular flexibility index (Phi) is 3.22. The molecule has 2 fully saturated rings. The summed E-state index contributed by atoms with van der Waals surface area (Å²) in [6.07, 6.45) is 10.8. The molecule has 2 aliphatic rings. The third kappa shape index (κ3) is 2.41. The van der Waals surface area contributed by atoms with E-state index in [1.807, 2.05) is 6.20 Å². The van der Waals surface area contributed by atoms with Gasteiger partial charge in [-0.3, -0.25) is 4.98 Å². The SMILES string of the molecule is c1cnc(N2CCC(C3CCCO3)CC2)cn1. The van der Waals surface area contributed by atoms with Crippen LogP contribution in [0, 0.1) is 5.92 Å². The Balaban J connectivity index is 1.57. The Morgan fingerprint density at radius 1 is 1.18 bits per heavy atom. The summed E-state index contributed by atoms with van der Waals surface area (Å²) in [5, 5.41) is 0. The minimum atomic E-state index is 0.527. The van der Waals surface area contributed by atoms with Gasteiger partial charge in [-0.2, -0.15) is 0 Å². The second-order valence-electron chi connectivity index (χ2n) is 4.94. The zero-order chi connectivity index (χ0) is 11.5. The van der Waals surface area contributed by atoms with Crippen LogP contribution in [0.1, 0.15) is 25.7 Å². The Labute approximate surface area is 102 Å².